The van der Waals surface area contributed by atoms with Gasteiger partial charge >= 0.3 is 5.97 Å². The zero-order chi connectivity index (χ0) is 13.0. The van der Waals surface area contributed by atoms with Crippen LogP contribution in [0.5, 0.6) is 0 Å². The number of aromatic carboxylic acids is 1. The number of pyridine rings is 1. The number of rotatable bonds is 5. The van der Waals surface area contributed by atoms with Gasteiger partial charge in [0.1, 0.15) is 11.4 Å². The summed E-state index contributed by atoms with van der Waals surface area (Å²) in [6.07, 6.45) is 2.32. The molecule has 2 N–H and O–H groups in total. The van der Waals surface area contributed by atoms with Crippen molar-refractivity contribution in [2.24, 2.45) is 0 Å². The number of nitrogens with one attached hydrogen (secondary N) is 1. The molecule has 94 valence electrons. The van der Waals surface area contributed by atoms with Gasteiger partial charge in [-0.05, 0) is 29.5 Å². The van der Waals surface area contributed by atoms with Crippen LogP contribution in [0.1, 0.15) is 27.7 Å². The van der Waals surface area contributed by atoms with E-state index < -0.39 is 5.97 Å². The largest absolute Gasteiger partial charge is 0.478 e. The molecule has 2 aromatic heterocycles. The van der Waals surface area contributed by atoms with Crippen molar-refractivity contribution in [1.29, 1.82) is 0 Å². The summed E-state index contributed by atoms with van der Waals surface area (Å²) >= 11 is 1.63. The number of carboxylic acid groups (broad SMARTS) is 1. The monoisotopic (exact) mass is 262 g/mol. The Morgan fingerprint density at radius 2 is 2.33 bits per heavy atom. The van der Waals surface area contributed by atoms with Crippen molar-refractivity contribution in [1.82, 2.24) is 4.98 Å². The summed E-state index contributed by atoms with van der Waals surface area (Å²) in [5.74, 6) is -0.496. The summed E-state index contributed by atoms with van der Waals surface area (Å²) in [5, 5.41) is 14.3. The first-order chi connectivity index (χ1) is 8.72. The summed E-state index contributed by atoms with van der Waals surface area (Å²) in [6.45, 7) is 2.53. The standard InChI is InChI=1S/C13H14N2O2S/c1-2-9-5-6-14-12(11(9)13(16)17)15-8-10-4-3-7-18-10/h3-7H,2,8H2,1H3,(H,14,15)(H,16,17). The highest BCUT2D eigenvalue weighted by atomic mass is 32.1. The molecule has 0 aromatic carbocycles. The van der Waals surface area contributed by atoms with Crippen LogP contribution >= 0.6 is 11.3 Å². The molecule has 0 atom stereocenters. The Balaban J connectivity index is 2.24. The Morgan fingerprint density at radius 1 is 1.50 bits per heavy atom. The molecule has 0 radical (unpaired) electrons. The molecule has 0 saturated heterocycles. The molecule has 5 heteroatoms. The fourth-order valence-electron chi connectivity index (χ4n) is 1.75. The molecule has 0 bridgehead atoms. The van der Waals surface area contributed by atoms with Gasteiger partial charge in [-0.2, -0.15) is 0 Å². The maximum Gasteiger partial charge on any atom is 0.339 e. The van der Waals surface area contributed by atoms with Gasteiger partial charge in [0.15, 0.2) is 0 Å². The van der Waals surface area contributed by atoms with Crippen LogP contribution in [0, 0.1) is 0 Å². The zero-order valence-corrected chi connectivity index (χ0v) is 10.8. The van der Waals surface area contributed by atoms with Crippen LogP contribution in [0.2, 0.25) is 0 Å². The van der Waals surface area contributed by atoms with Crippen molar-refractivity contribution in [3.05, 3.63) is 45.8 Å². The van der Waals surface area contributed by atoms with Gasteiger partial charge in [0.05, 0.1) is 6.54 Å². The number of aryl methyl sites for hydroxylation is 1. The average Bonchev–Trinajstić information content (AvgIpc) is 2.88. The van der Waals surface area contributed by atoms with Gasteiger partial charge < -0.3 is 10.4 Å². The summed E-state index contributed by atoms with van der Waals surface area (Å²) < 4.78 is 0. The van der Waals surface area contributed by atoms with E-state index in [0.29, 0.717) is 18.8 Å². The maximum absolute atomic E-state index is 11.3. The Kier molecular flexibility index (Phi) is 3.94. The molecule has 18 heavy (non-hydrogen) atoms. The second-order valence-corrected chi connectivity index (χ2v) is 4.82. The highest BCUT2D eigenvalue weighted by Gasteiger charge is 2.15. The van der Waals surface area contributed by atoms with Crippen LogP contribution in [0.15, 0.2) is 29.8 Å². The summed E-state index contributed by atoms with van der Waals surface area (Å²) in [6, 6.07) is 5.72. The lowest BCUT2D eigenvalue weighted by Gasteiger charge is -2.10. The van der Waals surface area contributed by atoms with E-state index in [9.17, 15) is 9.90 Å². The lowest BCUT2D eigenvalue weighted by molar-refractivity contribution is 0.0696. The number of aromatic nitrogens is 1. The van der Waals surface area contributed by atoms with E-state index in [1.165, 1.54) is 0 Å². The zero-order valence-electron chi connectivity index (χ0n) is 10.0. The van der Waals surface area contributed by atoms with Crippen LogP contribution in [-0.4, -0.2) is 16.1 Å². The van der Waals surface area contributed by atoms with Crippen molar-refractivity contribution < 1.29 is 9.90 Å². The predicted octanol–water partition coefficient (Wildman–Crippen LogP) is 3.02. The maximum atomic E-state index is 11.3. The SMILES string of the molecule is CCc1ccnc(NCc2cccs2)c1C(=O)O. The molecule has 0 amide bonds. The quantitative estimate of drug-likeness (QED) is 0.869. The lowest BCUT2D eigenvalue weighted by atomic mass is 10.1. The van der Waals surface area contributed by atoms with E-state index in [1.807, 2.05) is 24.4 Å². The minimum atomic E-state index is -0.936. The van der Waals surface area contributed by atoms with Crippen molar-refractivity contribution in [3.8, 4) is 0 Å². The number of nitrogens with zero attached hydrogens (tertiary/aromatic N) is 1. The van der Waals surface area contributed by atoms with Crippen LogP contribution in [0.3, 0.4) is 0 Å². The molecule has 2 aromatic rings. The molecule has 0 fully saturated rings. The Morgan fingerprint density at radius 3 is 2.94 bits per heavy atom. The smallest absolute Gasteiger partial charge is 0.339 e. The molecular weight excluding hydrogens is 248 g/mol. The number of hydrogen-bond acceptors (Lipinski definition) is 4. The highest BCUT2D eigenvalue weighted by molar-refractivity contribution is 7.09. The normalized spacial score (nSPS) is 10.3. The fourth-order valence-corrected chi connectivity index (χ4v) is 2.40. The molecule has 0 aliphatic carbocycles. The number of carboxylic acids is 1. The van der Waals surface area contributed by atoms with E-state index in [1.54, 1.807) is 23.6 Å². The van der Waals surface area contributed by atoms with Gasteiger partial charge in [-0.1, -0.05) is 13.0 Å². The van der Waals surface area contributed by atoms with Crippen molar-refractivity contribution >= 4 is 23.1 Å². The molecule has 2 heterocycles. The summed E-state index contributed by atoms with van der Waals surface area (Å²) in [5.41, 5.74) is 1.07. The molecule has 0 spiro atoms. The first kappa shape index (κ1) is 12.6. The third-order valence-electron chi connectivity index (χ3n) is 2.64. The average molecular weight is 262 g/mol. The summed E-state index contributed by atoms with van der Waals surface area (Å²) in [7, 11) is 0. The Hall–Kier alpha value is -1.88. The van der Waals surface area contributed by atoms with Crippen LogP contribution < -0.4 is 5.32 Å². The topological polar surface area (TPSA) is 62.2 Å². The fraction of sp³-hybridized carbons (Fsp3) is 0.231. The first-order valence-electron chi connectivity index (χ1n) is 5.69. The third kappa shape index (κ3) is 2.68. The molecule has 4 nitrogen and oxygen atoms in total. The minimum Gasteiger partial charge on any atom is -0.478 e. The summed E-state index contributed by atoms with van der Waals surface area (Å²) in [4.78, 5) is 16.6. The molecule has 0 saturated carbocycles. The number of anilines is 1. The van der Waals surface area contributed by atoms with Gasteiger partial charge in [0.2, 0.25) is 0 Å². The number of hydrogen-bond donors (Lipinski definition) is 2. The molecule has 0 aliphatic rings. The molecule has 0 unspecified atom stereocenters. The van der Waals surface area contributed by atoms with Crippen molar-refractivity contribution in [3.63, 3.8) is 0 Å². The van der Waals surface area contributed by atoms with Crippen LogP contribution in [0.4, 0.5) is 5.82 Å². The van der Waals surface area contributed by atoms with E-state index >= 15 is 0 Å². The van der Waals surface area contributed by atoms with Crippen LogP contribution in [0.25, 0.3) is 0 Å². The van der Waals surface area contributed by atoms with E-state index in [-0.39, 0.29) is 5.56 Å². The van der Waals surface area contributed by atoms with Gasteiger partial charge in [0.25, 0.3) is 0 Å². The second-order valence-electron chi connectivity index (χ2n) is 3.79. The van der Waals surface area contributed by atoms with E-state index in [2.05, 4.69) is 10.3 Å². The Labute approximate surface area is 109 Å². The number of carbonyl (C=O) groups is 1. The first-order valence-corrected chi connectivity index (χ1v) is 6.57. The van der Waals surface area contributed by atoms with Crippen molar-refractivity contribution in [2.45, 2.75) is 19.9 Å². The van der Waals surface area contributed by atoms with Gasteiger partial charge in [-0.25, -0.2) is 9.78 Å². The van der Waals surface area contributed by atoms with Gasteiger partial charge in [0, 0.05) is 11.1 Å². The third-order valence-corrected chi connectivity index (χ3v) is 3.52. The molecule has 0 aliphatic heterocycles. The lowest BCUT2D eigenvalue weighted by Crippen LogP contribution is -2.10. The highest BCUT2D eigenvalue weighted by Crippen LogP contribution is 2.19. The predicted molar refractivity (Wildman–Crippen MR) is 72.2 cm³/mol. The van der Waals surface area contributed by atoms with Gasteiger partial charge in [-0.3, -0.25) is 0 Å². The molecular formula is C13H14N2O2S. The Bertz CT molecular complexity index is 538. The second kappa shape index (κ2) is 5.64. The van der Waals surface area contributed by atoms with Gasteiger partial charge in [-0.15, -0.1) is 11.3 Å². The van der Waals surface area contributed by atoms with Crippen LogP contribution in [-0.2, 0) is 13.0 Å². The minimum absolute atomic E-state index is 0.275. The van der Waals surface area contributed by atoms with E-state index in [4.69, 9.17) is 0 Å². The molecule has 2 rings (SSSR count). The van der Waals surface area contributed by atoms with Crippen molar-refractivity contribution in [2.75, 3.05) is 5.32 Å². The van der Waals surface area contributed by atoms with E-state index in [0.717, 1.165) is 10.4 Å². The number of thiophene rings is 1.